The van der Waals surface area contributed by atoms with E-state index in [-0.39, 0.29) is 5.56 Å². The number of benzene rings is 2. The molecule has 0 unspecified atom stereocenters. The van der Waals surface area contributed by atoms with E-state index < -0.39 is 17.5 Å². The normalized spacial score (nSPS) is 11.4. The molecule has 20 heavy (non-hydrogen) atoms. The minimum Gasteiger partial charge on any atom is -0.289 e. The van der Waals surface area contributed by atoms with Gasteiger partial charge in [0.2, 0.25) is 0 Å². The maximum Gasteiger partial charge on any atom is 0.416 e. The largest absolute Gasteiger partial charge is 0.416 e. The van der Waals surface area contributed by atoms with Crippen molar-refractivity contribution in [1.29, 1.82) is 0 Å². The van der Waals surface area contributed by atoms with E-state index in [1.807, 2.05) is 0 Å². The van der Waals surface area contributed by atoms with E-state index in [9.17, 15) is 18.0 Å². The van der Waals surface area contributed by atoms with Crippen LogP contribution in [0.25, 0.3) is 0 Å². The van der Waals surface area contributed by atoms with Crippen LogP contribution in [0.15, 0.2) is 42.5 Å². The highest BCUT2D eigenvalue weighted by Gasteiger charge is 2.31. The van der Waals surface area contributed by atoms with E-state index in [1.54, 1.807) is 25.1 Å². The number of halogens is 4. The van der Waals surface area contributed by atoms with Crippen molar-refractivity contribution in [2.75, 3.05) is 0 Å². The molecule has 0 saturated carbocycles. The Kier molecular flexibility index (Phi) is 3.86. The van der Waals surface area contributed by atoms with Crippen molar-refractivity contribution < 1.29 is 18.0 Å². The first-order chi connectivity index (χ1) is 9.30. The smallest absolute Gasteiger partial charge is 0.289 e. The highest BCUT2D eigenvalue weighted by molar-refractivity contribution is 6.32. The molecule has 0 aliphatic carbocycles. The number of carbonyl (C=O) groups is 1. The van der Waals surface area contributed by atoms with E-state index in [0.29, 0.717) is 16.1 Å². The highest BCUT2D eigenvalue weighted by Crippen LogP contribution is 2.30. The first kappa shape index (κ1) is 14.6. The molecule has 0 N–H and O–H groups in total. The number of hydrogen-bond acceptors (Lipinski definition) is 1. The molecule has 5 heteroatoms. The van der Waals surface area contributed by atoms with Gasteiger partial charge in [-0.3, -0.25) is 4.79 Å². The first-order valence-electron chi connectivity index (χ1n) is 5.78. The van der Waals surface area contributed by atoms with Crippen molar-refractivity contribution >= 4 is 17.4 Å². The number of hydrogen-bond donors (Lipinski definition) is 0. The minimum absolute atomic E-state index is 0.00908. The monoisotopic (exact) mass is 298 g/mol. The summed E-state index contributed by atoms with van der Waals surface area (Å²) in [5, 5.41) is 0.405. The lowest BCUT2D eigenvalue weighted by Gasteiger charge is -2.10. The van der Waals surface area contributed by atoms with Crippen LogP contribution in [-0.4, -0.2) is 5.78 Å². The molecule has 0 aromatic heterocycles. The molecular weight excluding hydrogens is 289 g/mol. The average Bonchev–Trinajstić information content (AvgIpc) is 2.40. The molecule has 0 fully saturated rings. The van der Waals surface area contributed by atoms with Crippen molar-refractivity contribution in [3.8, 4) is 0 Å². The van der Waals surface area contributed by atoms with Gasteiger partial charge in [-0.2, -0.15) is 13.2 Å². The van der Waals surface area contributed by atoms with Gasteiger partial charge in [-0.1, -0.05) is 35.9 Å². The lowest BCUT2D eigenvalue weighted by Crippen LogP contribution is -2.09. The maximum absolute atomic E-state index is 12.6. The van der Waals surface area contributed by atoms with Crippen molar-refractivity contribution in [3.05, 3.63) is 69.7 Å². The molecule has 0 spiro atoms. The third-order valence-electron chi connectivity index (χ3n) is 2.96. The number of carbonyl (C=O) groups excluding carboxylic acids is 1. The molecule has 2 aromatic carbocycles. The Labute approximate surface area is 119 Å². The molecule has 0 bridgehead atoms. The predicted octanol–water partition coefficient (Wildman–Crippen LogP) is 4.90. The molecule has 0 heterocycles. The van der Waals surface area contributed by atoms with Crippen LogP contribution in [0.2, 0.25) is 5.02 Å². The Bertz CT molecular complexity index is 662. The summed E-state index contributed by atoms with van der Waals surface area (Å²) in [5.74, 6) is -0.476. The third-order valence-corrected chi connectivity index (χ3v) is 3.37. The van der Waals surface area contributed by atoms with E-state index >= 15 is 0 Å². The molecule has 0 radical (unpaired) electrons. The highest BCUT2D eigenvalue weighted by atomic mass is 35.5. The van der Waals surface area contributed by atoms with Crippen LogP contribution in [0.5, 0.6) is 0 Å². The van der Waals surface area contributed by atoms with Gasteiger partial charge in [0.1, 0.15) is 0 Å². The molecule has 0 aliphatic heterocycles. The van der Waals surface area contributed by atoms with Gasteiger partial charge in [0.15, 0.2) is 5.78 Å². The molecule has 0 aliphatic rings. The van der Waals surface area contributed by atoms with Crippen LogP contribution < -0.4 is 0 Å². The van der Waals surface area contributed by atoms with Gasteiger partial charge in [-0.15, -0.1) is 0 Å². The molecule has 104 valence electrons. The summed E-state index contributed by atoms with van der Waals surface area (Å²) in [5.41, 5.74) is 0.00151. The van der Waals surface area contributed by atoms with Gasteiger partial charge in [-0.05, 0) is 30.7 Å². The van der Waals surface area contributed by atoms with Gasteiger partial charge >= 0.3 is 6.18 Å². The summed E-state index contributed by atoms with van der Waals surface area (Å²) in [6.07, 6.45) is -4.47. The zero-order valence-electron chi connectivity index (χ0n) is 10.5. The zero-order chi connectivity index (χ0) is 14.9. The number of alkyl halides is 3. The molecule has 0 amide bonds. The Morgan fingerprint density at radius 2 is 1.75 bits per heavy atom. The van der Waals surface area contributed by atoms with E-state index in [1.165, 1.54) is 12.1 Å². The minimum atomic E-state index is -4.47. The van der Waals surface area contributed by atoms with Crippen LogP contribution >= 0.6 is 11.6 Å². The fraction of sp³-hybridized carbons (Fsp3) is 0.133. The standard InChI is InChI=1S/C15H10ClF3O/c1-9-12(6-3-7-13(9)16)14(20)10-4-2-5-11(8-10)15(17,18)19/h2-8H,1H3. The summed E-state index contributed by atoms with van der Waals surface area (Å²) in [7, 11) is 0. The van der Waals surface area contributed by atoms with Gasteiger partial charge in [0.25, 0.3) is 0 Å². The summed E-state index contributed by atoms with van der Waals surface area (Å²) in [4.78, 5) is 12.3. The summed E-state index contributed by atoms with van der Waals surface area (Å²) >= 11 is 5.92. The quantitative estimate of drug-likeness (QED) is 0.721. The van der Waals surface area contributed by atoms with Gasteiger partial charge in [0, 0.05) is 16.1 Å². The Morgan fingerprint density at radius 3 is 2.40 bits per heavy atom. The van der Waals surface area contributed by atoms with Crippen LogP contribution in [0.1, 0.15) is 27.0 Å². The molecular formula is C15H10ClF3O. The van der Waals surface area contributed by atoms with Crippen molar-refractivity contribution in [3.63, 3.8) is 0 Å². The van der Waals surface area contributed by atoms with Crippen LogP contribution in [0.4, 0.5) is 13.2 Å². The third kappa shape index (κ3) is 2.85. The molecule has 2 aromatic rings. The van der Waals surface area contributed by atoms with Crippen molar-refractivity contribution in [2.24, 2.45) is 0 Å². The van der Waals surface area contributed by atoms with Gasteiger partial charge < -0.3 is 0 Å². The van der Waals surface area contributed by atoms with E-state index in [2.05, 4.69) is 0 Å². The van der Waals surface area contributed by atoms with Gasteiger partial charge in [-0.25, -0.2) is 0 Å². The van der Waals surface area contributed by atoms with Crippen LogP contribution in [0, 0.1) is 6.92 Å². The lowest BCUT2D eigenvalue weighted by atomic mass is 9.98. The van der Waals surface area contributed by atoms with E-state index in [4.69, 9.17) is 11.6 Å². The molecule has 0 saturated heterocycles. The average molecular weight is 299 g/mol. The van der Waals surface area contributed by atoms with Gasteiger partial charge in [0.05, 0.1) is 5.56 Å². The lowest BCUT2D eigenvalue weighted by molar-refractivity contribution is -0.137. The molecule has 1 nitrogen and oxygen atoms in total. The second-order valence-corrected chi connectivity index (χ2v) is 4.73. The summed E-state index contributed by atoms with van der Waals surface area (Å²) in [6, 6.07) is 9.12. The fourth-order valence-corrected chi connectivity index (χ4v) is 2.02. The predicted molar refractivity (Wildman–Crippen MR) is 71.1 cm³/mol. The van der Waals surface area contributed by atoms with Crippen molar-refractivity contribution in [1.82, 2.24) is 0 Å². The fourth-order valence-electron chi connectivity index (χ4n) is 1.85. The molecule has 2 rings (SSSR count). The number of rotatable bonds is 2. The van der Waals surface area contributed by atoms with E-state index in [0.717, 1.165) is 12.1 Å². The van der Waals surface area contributed by atoms with Crippen molar-refractivity contribution in [2.45, 2.75) is 13.1 Å². The van der Waals surface area contributed by atoms with Crippen LogP contribution in [-0.2, 0) is 6.18 Å². The summed E-state index contributed by atoms with van der Waals surface area (Å²) in [6.45, 7) is 1.66. The Morgan fingerprint density at radius 1 is 1.10 bits per heavy atom. The molecule has 0 atom stereocenters. The first-order valence-corrected chi connectivity index (χ1v) is 6.15. The SMILES string of the molecule is Cc1c(Cl)cccc1C(=O)c1cccc(C(F)(F)F)c1. The van der Waals surface area contributed by atoms with Crippen LogP contribution in [0.3, 0.4) is 0 Å². The Hall–Kier alpha value is -1.81. The topological polar surface area (TPSA) is 17.1 Å². The number of ketones is 1. The maximum atomic E-state index is 12.6. The second-order valence-electron chi connectivity index (χ2n) is 4.32. The zero-order valence-corrected chi connectivity index (χ0v) is 11.2. The Balaban J connectivity index is 2.47. The second kappa shape index (κ2) is 5.29. The summed E-state index contributed by atoms with van der Waals surface area (Å²) < 4.78 is 37.9.